The van der Waals surface area contributed by atoms with Crippen LogP contribution in [0.3, 0.4) is 0 Å². The molecule has 1 aromatic heterocycles. The molecule has 1 aliphatic carbocycles. The highest BCUT2D eigenvalue weighted by Crippen LogP contribution is 2.32. The number of carbonyl (C=O) groups excluding carboxylic acids is 2. The molecule has 3 rings (SSSR count). The van der Waals surface area contributed by atoms with Gasteiger partial charge in [-0.2, -0.15) is 0 Å². The molecule has 5 nitrogen and oxygen atoms in total. The molecule has 25 heavy (non-hydrogen) atoms. The van der Waals surface area contributed by atoms with E-state index in [1.54, 1.807) is 6.92 Å². The minimum atomic E-state index is -0.639. The first-order valence-electron chi connectivity index (χ1n) is 8.72. The second-order valence-electron chi connectivity index (χ2n) is 6.50. The quantitative estimate of drug-likeness (QED) is 0.611. The van der Waals surface area contributed by atoms with E-state index in [-0.39, 0.29) is 18.1 Å². The van der Waals surface area contributed by atoms with Crippen LogP contribution in [-0.4, -0.2) is 28.3 Å². The predicted molar refractivity (Wildman–Crippen MR) is 93.7 cm³/mol. The highest BCUT2D eigenvalue weighted by atomic mass is 16.5. The van der Waals surface area contributed by atoms with Crippen molar-refractivity contribution in [1.29, 1.82) is 0 Å². The molecule has 1 fully saturated rings. The van der Waals surface area contributed by atoms with E-state index >= 15 is 0 Å². The molecule has 0 unspecified atom stereocenters. The van der Waals surface area contributed by atoms with Gasteiger partial charge < -0.3 is 4.74 Å². The van der Waals surface area contributed by atoms with Crippen molar-refractivity contribution in [2.24, 2.45) is 0 Å². The maximum absolute atomic E-state index is 12.2. The van der Waals surface area contributed by atoms with E-state index in [0.29, 0.717) is 17.2 Å². The van der Waals surface area contributed by atoms with Crippen molar-refractivity contribution < 1.29 is 14.3 Å². The summed E-state index contributed by atoms with van der Waals surface area (Å²) in [6, 6.07) is 7.70. The number of esters is 1. The van der Waals surface area contributed by atoms with Crippen LogP contribution < -0.4 is 0 Å². The van der Waals surface area contributed by atoms with Gasteiger partial charge in [-0.15, -0.1) is 0 Å². The first-order chi connectivity index (χ1) is 12.1. The minimum absolute atomic E-state index is 0.103. The summed E-state index contributed by atoms with van der Waals surface area (Å²) in [4.78, 5) is 32.0. The normalized spacial score (nSPS) is 14.9. The molecule has 0 bridgehead atoms. The van der Waals surface area contributed by atoms with E-state index < -0.39 is 5.97 Å². The number of hydrogen-bond acceptors (Lipinski definition) is 5. The van der Waals surface area contributed by atoms with Gasteiger partial charge in [0.15, 0.2) is 18.1 Å². The van der Waals surface area contributed by atoms with Gasteiger partial charge in [0.05, 0.1) is 11.9 Å². The number of ketones is 1. The lowest BCUT2D eigenvalue weighted by Gasteiger charge is -2.22. The molecule has 0 atom stereocenters. The summed E-state index contributed by atoms with van der Waals surface area (Å²) in [5.41, 5.74) is 2.67. The van der Waals surface area contributed by atoms with Crippen molar-refractivity contribution in [3.8, 4) is 0 Å². The fourth-order valence-electron chi connectivity index (χ4n) is 3.16. The number of carbonyl (C=O) groups is 2. The molecule has 1 saturated carbocycles. The Hall–Kier alpha value is -2.56. The third-order valence-corrected chi connectivity index (χ3v) is 4.63. The lowest BCUT2D eigenvalue weighted by molar-refractivity contribution is 0.0468. The Morgan fingerprint density at radius 3 is 2.40 bits per heavy atom. The summed E-state index contributed by atoms with van der Waals surface area (Å²) in [5, 5.41) is 0. The zero-order valence-electron chi connectivity index (χ0n) is 14.4. The van der Waals surface area contributed by atoms with Crippen molar-refractivity contribution in [3.63, 3.8) is 0 Å². The molecule has 0 N–H and O–H groups in total. The SMILES string of the molecule is Cc1cnc(C(=O)OCC(=O)c2ccc(C3CCCCC3)cc2)cn1. The van der Waals surface area contributed by atoms with Crippen LogP contribution in [0, 0.1) is 6.92 Å². The van der Waals surface area contributed by atoms with Gasteiger partial charge in [-0.25, -0.2) is 9.78 Å². The highest BCUT2D eigenvalue weighted by molar-refractivity contribution is 5.99. The lowest BCUT2D eigenvalue weighted by atomic mass is 9.84. The summed E-state index contributed by atoms with van der Waals surface area (Å²) in [5.74, 6) is -0.251. The standard InChI is InChI=1S/C20H22N2O3/c1-14-11-22-18(12-21-14)20(24)25-13-19(23)17-9-7-16(8-10-17)15-5-3-2-4-6-15/h7-12,15H,2-6,13H2,1H3. The maximum Gasteiger partial charge on any atom is 0.358 e. The van der Waals surface area contributed by atoms with E-state index in [4.69, 9.17) is 4.74 Å². The van der Waals surface area contributed by atoms with Gasteiger partial charge in [0.2, 0.25) is 0 Å². The fraction of sp³-hybridized carbons (Fsp3) is 0.400. The van der Waals surface area contributed by atoms with Crippen LogP contribution in [0.25, 0.3) is 0 Å². The zero-order chi connectivity index (χ0) is 17.6. The summed E-state index contributed by atoms with van der Waals surface area (Å²) >= 11 is 0. The molecule has 1 aliphatic rings. The summed E-state index contributed by atoms with van der Waals surface area (Å²) < 4.78 is 5.04. The molecule has 1 heterocycles. The average Bonchev–Trinajstić information content (AvgIpc) is 2.67. The molecule has 0 amide bonds. The second-order valence-corrected chi connectivity index (χ2v) is 6.50. The molecular formula is C20H22N2O3. The number of aryl methyl sites for hydroxylation is 1. The van der Waals surface area contributed by atoms with Crippen molar-refractivity contribution in [2.45, 2.75) is 44.9 Å². The van der Waals surface area contributed by atoms with Crippen LogP contribution in [0.4, 0.5) is 0 Å². The highest BCUT2D eigenvalue weighted by Gasteiger charge is 2.17. The van der Waals surface area contributed by atoms with E-state index in [2.05, 4.69) is 9.97 Å². The number of ether oxygens (including phenoxy) is 1. The zero-order valence-corrected chi connectivity index (χ0v) is 14.4. The Labute approximate surface area is 147 Å². The van der Waals surface area contributed by atoms with Gasteiger partial charge in [-0.1, -0.05) is 43.5 Å². The van der Waals surface area contributed by atoms with Crippen molar-refractivity contribution in [1.82, 2.24) is 9.97 Å². The molecule has 1 aromatic carbocycles. The number of benzene rings is 1. The van der Waals surface area contributed by atoms with Gasteiger partial charge >= 0.3 is 5.97 Å². The van der Waals surface area contributed by atoms with E-state index in [1.165, 1.54) is 50.1 Å². The Kier molecular flexibility index (Phi) is 5.53. The third-order valence-electron chi connectivity index (χ3n) is 4.63. The van der Waals surface area contributed by atoms with E-state index in [0.717, 1.165) is 0 Å². The van der Waals surface area contributed by atoms with Crippen LogP contribution in [0.1, 0.15) is 70.1 Å². The lowest BCUT2D eigenvalue weighted by Crippen LogP contribution is -2.15. The second kappa shape index (κ2) is 8.01. The Bertz CT molecular complexity index is 733. The van der Waals surface area contributed by atoms with Crippen LogP contribution in [0.2, 0.25) is 0 Å². The molecular weight excluding hydrogens is 316 g/mol. The smallest absolute Gasteiger partial charge is 0.358 e. The minimum Gasteiger partial charge on any atom is -0.453 e. The number of hydrogen-bond donors (Lipinski definition) is 0. The van der Waals surface area contributed by atoms with Gasteiger partial charge in [0.25, 0.3) is 0 Å². The van der Waals surface area contributed by atoms with E-state index in [1.807, 2.05) is 24.3 Å². The largest absolute Gasteiger partial charge is 0.453 e. The topological polar surface area (TPSA) is 69.2 Å². The number of nitrogens with zero attached hydrogens (tertiary/aromatic N) is 2. The molecule has 2 aromatic rings. The van der Waals surface area contributed by atoms with Crippen LogP contribution >= 0.6 is 0 Å². The fourth-order valence-corrected chi connectivity index (χ4v) is 3.16. The Morgan fingerprint density at radius 1 is 1.04 bits per heavy atom. The average molecular weight is 338 g/mol. The number of Topliss-reactive ketones (excluding diaryl/α,β-unsaturated/α-hetero) is 1. The number of rotatable bonds is 5. The first-order valence-corrected chi connectivity index (χ1v) is 8.72. The first kappa shape index (κ1) is 17.3. The van der Waals surface area contributed by atoms with Crippen molar-refractivity contribution >= 4 is 11.8 Å². The molecule has 0 saturated heterocycles. The van der Waals surface area contributed by atoms with Crippen LogP contribution in [0.15, 0.2) is 36.7 Å². The van der Waals surface area contributed by atoms with Gasteiger partial charge in [0.1, 0.15) is 0 Å². The molecule has 0 aliphatic heterocycles. The Balaban J connectivity index is 1.55. The van der Waals surface area contributed by atoms with E-state index in [9.17, 15) is 9.59 Å². The molecule has 0 radical (unpaired) electrons. The van der Waals surface area contributed by atoms with Crippen molar-refractivity contribution in [3.05, 3.63) is 59.2 Å². The maximum atomic E-state index is 12.2. The summed E-state index contributed by atoms with van der Waals surface area (Å²) in [6.07, 6.45) is 9.17. The molecule has 0 spiro atoms. The van der Waals surface area contributed by atoms with Crippen LogP contribution in [-0.2, 0) is 4.74 Å². The monoisotopic (exact) mass is 338 g/mol. The molecule has 130 valence electrons. The molecule has 5 heteroatoms. The van der Waals surface area contributed by atoms with Crippen molar-refractivity contribution in [2.75, 3.05) is 6.61 Å². The van der Waals surface area contributed by atoms with Crippen LogP contribution in [0.5, 0.6) is 0 Å². The number of aromatic nitrogens is 2. The Morgan fingerprint density at radius 2 is 1.76 bits per heavy atom. The van der Waals surface area contributed by atoms with Gasteiger partial charge in [0, 0.05) is 11.8 Å². The summed E-state index contributed by atoms with van der Waals surface area (Å²) in [7, 11) is 0. The predicted octanol–water partition coefficient (Wildman–Crippen LogP) is 3.87. The van der Waals surface area contributed by atoms with Gasteiger partial charge in [-0.05, 0) is 31.2 Å². The third kappa shape index (κ3) is 4.50. The summed E-state index contributed by atoms with van der Waals surface area (Å²) in [6.45, 7) is 1.49. The van der Waals surface area contributed by atoms with Gasteiger partial charge in [-0.3, -0.25) is 9.78 Å².